The lowest BCUT2D eigenvalue weighted by Gasteiger charge is -2.46. The topological polar surface area (TPSA) is 32.8 Å². The molecule has 4 rings (SSSR count). The summed E-state index contributed by atoms with van der Waals surface area (Å²) in [6.45, 7) is 4.44. The molecular weight excluding hydrogens is 355 g/mol. The second-order valence-corrected chi connectivity index (χ2v) is 7.77. The van der Waals surface area contributed by atoms with Crippen LogP contribution >= 0.6 is 0 Å². The molecule has 4 nitrogen and oxygen atoms in total. The van der Waals surface area contributed by atoms with Crippen LogP contribution in [0.15, 0.2) is 54.6 Å². The molecule has 0 radical (unpaired) electrons. The molecule has 1 amide bonds. The van der Waals surface area contributed by atoms with Crippen LogP contribution in [0.5, 0.6) is 0 Å². The second-order valence-electron chi connectivity index (χ2n) is 7.77. The van der Waals surface area contributed by atoms with E-state index in [0.717, 1.165) is 51.0 Å². The quantitative estimate of drug-likeness (QED) is 0.796. The highest BCUT2D eigenvalue weighted by Gasteiger charge is 2.46. The van der Waals surface area contributed by atoms with Gasteiger partial charge in [-0.1, -0.05) is 42.5 Å². The Morgan fingerprint density at radius 3 is 2.36 bits per heavy atom. The molecule has 0 bridgehead atoms. The van der Waals surface area contributed by atoms with Crippen LogP contribution in [0.4, 0.5) is 4.39 Å². The van der Waals surface area contributed by atoms with Crippen molar-refractivity contribution in [2.24, 2.45) is 0 Å². The highest BCUT2D eigenvalue weighted by molar-refractivity contribution is 5.86. The van der Waals surface area contributed by atoms with Gasteiger partial charge in [0.05, 0.1) is 6.61 Å². The van der Waals surface area contributed by atoms with E-state index in [9.17, 15) is 9.18 Å². The molecule has 0 unspecified atom stereocenters. The van der Waals surface area contributed by atoms with Gasteiger partial charge in [0, 0.05) is 32.7 Å². The van der Waals surface area contributed by atoms with E-state index in [0.29, 0.717) is 13.2 Å². The molecule has 28 heavy (non-hydrogen) atoms. The Balaban J connectivity index is 1.33. The minimum atomic E-state index is -0.658. The third-order valence-corrected chi connectivity index (χ3v) is 5.91. The van der Waals surface area contributed by atoms with Crippen LogP contribution in [0.1, 0.15) is 24.0 Å². The maximum Gasteiger partial charge on any atom is 0.255 e. The highest BCUT2D eigenvalue weighted by atomic mass is 19.1. The maximum absolute atomic E-state index is 13.2. The first-order chi connectivity index (χ1) is 13.6. The van der Waals surface area contributed by atoms with Crippen molar-refractivity contribution in [3.05, 3.63) is 71.5 Å². The Morgan fingerprint density at radius 1 is 0.929 bits per heavy atom. The van der Waals surface area contributed by atoms with Crippen molar-refractivity contribution in [2.45, 2.75) is 31.4 Å². The van der Waals surface area contributed by atoms with Crippen molar-refractivity contribution < 1.29 is 13.9 Å². The Bertz CT molecular complexity index is 786. The predicted octanol–water partition coefficient (Wildman–Crippen LogP) is 3.26. The fraction of sp³-hybridized carbons (Fsp3) is 0.435. The van der Waals surface area contributed by atoms with E-state index in [1.54, 1.807) is 0 Å². The lowest BCUT2D eigenvalue weighted by atomic mass is 9.88. The van der Waals surface area contributed by atoms with Crippen molar-refractivity contribution in [1.82, 2.24) is 9.80 Å². The van der Waals surface area contributed by atoms with Crippen LogP contribution in [-0.2, 0) is 22.5 Å². The number of amides is 1. The molecule has 0 N–H and O–H groups in total. The van der Waals surface area contributed by atoms with E-state index in [1.807, 2.05) is 35.2 Å². The molecule has 0 aromatic heterocycles. The summed E-state index contributed by atoms with van der Waals surface area (Å²) in [4.78, 5) is 17.5. The minimum Gasteiger partial charge on any atom is -0.363 e. The van der Waals surface area contributed by atoms with Gasteiger partial charge in [-0.05, 0) is 42.5 Å². The molecule has 2 heterocycles. The van der Waals surface area contributed by atoms with E-state index >= 15 is 0 Å². The largest absolute Gasteiger partial charge is 0.363 e. The fourth-order valence-electron chi connectivity index (χ4n) is 4.20. The first-order valence-electron chi connectivity index (χ1n) is 10.1. The summed E-state index contributed by atoms with van der Waals surface area (Å²) in [6.07, 6.45) is 2.31. The molecule has 2 fully saturated rings. The number of halogens is 1. The summed E-state index contributed by atoms with van der Waals surface area (Å²) in [7, 11) is 0. The van der Waals surface area contributed by atoms with Crippen LogP contribution in [-0.4, -0.2) is 54.1 Å². The fourth-order valence-corrected chi connectivity index (χ4v) is 4.20. The Kier molecular flexibility index (Phi) is 5.74. The van der Waals surface area contributed by atoms with Gasteiger partial charge in [0.15, 0.2) is 0 Å². The number of carbonyl (C=O) groups is 1. The zero-order valence-corrected chi connectivity index (χ0v) is 16.1. The Hall–Kier alpha value is -2.24. The average molecular weight is 382 g/mol. The van der Waals surface area contributed by atoms with E-state index in [4.69, 9.17) is 4.74 Å². The number of hydrogen-bond acceptors (Lipinski definition) is 3. The summed E-state index contributed by atoms with van der Waals surface area (Å²) in [6, 6.07) is 16.9. The van der Waals surface area contributed by atoms with Crippen LogP contribution in [0.2, 0.25) is 0 Å². The third kappa shape index (κ3) is 4.26. The van der Waals surface area contributed by atoms with E-state index in [2.05, 4.69) is 17.0 Å². The number of carbonyl (C=O) groups excluding carboxylic acids is 1. The number of piperidine rings is 1. The number of likely N-dealkylation sites (tertiary alicyclic amines) is 1. The van der Waals surface area contributed by atoms with E-state index < -0.39 is 5.60 Å². The predicted molar refractivity (Wildman–Crippen MR) is 106 cm³/mol. The monoisotopic (exact) mass is 382 g/mol. The molecule has 2 aromatic rings. The molecule has 5 heteroatoms. The average Bonchev–Trinajstić information content (AvgIpc) is 2.73. The molecule has 0 aliphatic carbocycles. The van der Waals surface area contributed by atoms with Crippen molar-refractivity contribution >= 4 is 5.91 Å². The summed E-state index contributed by atoms with van der Waals surface area (Å²) < 4.78 is 19.1. The summed E-state index contributed by atoms with van der Waals surface area (Å²) in [5.41, 5.74) is 1.69. The van der Waals surface area contributed by atoms with Gasteiger partial charge in [-0.15, -0.1) is 0 Å². The van der Waals surface area contributed by atoms with Gasteiger partial charge in [-0.3, -0.25) is 9.69 Å². The molecule has 2 aromatic carbocycles. The molecule has 148 valence electrons. The van der Waals surface area contributed by atoms with Gasteiger partial charge in [-0.2, -0.15) is 0 Å². The summed E-state index contributed by atoms with van der Waals surface area (Å²) >= 11 is 0. The normalized spacial score (nSPS) is 19.9. The number of morpholine rings is 1. The summed E-state index contributed by atoms with van der Waals surface area (Å²) in [5, 5.41) is 0. The van der Waals surface area contributed by atoms with Gasteiger partial charge in [-0.25, -0.2) is 4.39 Å². The molecule has 0 saturated carbocycles. The molecule has 1 spiro atoms. The van der Waals surface area contributed by atoms with Crippen molar-refractivity contribution in [1.29, 1.82) is 0 Å². The second kappa shape index (κ2) is 8.41. The zero-order valence-electron chi connectivity index (χ0n) is 16.1. The molecule has 0 atom stereocenters. The lowest BCUT2D eigenvalue weighted by molar-refractivity contribution is -0.179. The van der Waals surface area contributed by atoms with Crippen molar-refractivity contribution in [3.8, 4) is 0 Å². The Morgan fingerprint density at radius 2 is 1.64 bits per heavy atom. The molecule has 2 aliphatic rings. The van der Waals surface area contributed by atoms with Gasteiger partial charge >= 0.3 is 0 Å². The van der Waals surface area contributed by atoms with Gasteiger partial charge < -0.3 is 9.64 Å². The van der Waals surface area contributed by atoms with Crippen LogP contribution in [0, 0.1) is 5.82 Å². The van der Waals surface area contributed by atoms with Gasteiger partial charge in [0.1, 0.15) is 11.4 Å². The molecule has 2 aliphatic heterocycles. The van der Waals surface area contributed by atoms with E-state index in [1.165, 1.54) is 17.7 Å². The maximum atomic E-state index is 13.2. The number of rotatable bonds is 5. The highest BCUT2D eigenvalue weighted by Crippen LogP contribution is 2.32. The first kappa shape index (κ1) is 19.1. The van der Waals surface area contributed by atoms with Crippen molar-refractivity contribution in [3.63, 3.8) is 0 Å². The SMILES string of the molecule is O=C1N(CCc2ccccc2)CCOC12CCN(Cc1ccc(F)cc1)CC2. The number of benzene rings is 2. The lowest BCUT2D eigenvalue weighted by Crippen LogP contribution is -2.60. The number of hydrogen-bond donors (Lipinski definition) is 0. The molecule has 2 saturated heterocycles. The van der Waals surface area contributed by atoms with Crippen molar-refractivity contribution in [2.75, 3.05) is 32.8 Å². The van der Waals surface area contributed by atoms with Gasteiger partial charge in [0.25, 0.3) is 5.91 Å². The van der Waals surface area contributed by atoms with Crippen LogP contribution in [0.3, 0.4) is 0 Å². The third-order valence-electron chi connectivity index (χ3n) is 5.91. The van der Waals surface area contributed by atoms with Crippen LogP contribution in [0.25, 0.3) is 0 Å². The zero-order chi connectivity index (χ0) is 19.4. The Labute approximate surface area is 165 Å². The standard InChI is InChI=1S/C23H27FN2O2/c24-21-8-6-20(7-9-21)18-25-14-11-23(12-15-25)22(27)26(16-17-28-23)13-10-19-4-2-1-3-5-19/h1-9H,10-18H2. The molecular formula is C23H27FN2O2. The minimum absolute atomic E-state index is 0.149. The van der Waals surface area contributed by atoms with Crippen LogP contribution < -0.4 is 0 Å². The smallest absolute Gasteiger partial charge is 0.255 e. The number of nitrogens with zero attached hydrogens (tertiary/aromatic N) is 2. The van der Waals surface area contributed by atoms with E-state index in [-0.39, 0.29) is 11.7 Å². The van der Waals surface area contributed by atoms with Gasteiger partial charge in [0.2, 0.25) is 0 Å². The summed E-state index contributed by atoms with van der Waals surface area (Å²) in [5.74, 6) is -0.0609. The first-order valence-corrected chi connectivity index (χ1v) is 10.1. The number of ether oxygens (including phenoxy) is 1.